The van der Waals surface area contributed by atoms with Crippen LogP contribution in [0.2, 0.25) is 0 Å². The number of rotatable bonds is 8. The largest absolute Gasteiger partial charge is 0.327 e. The Hall–Kier alpha value is -0.430. The van der Waals surface area contributed by atoms with Crippen molar-refractivity contribution in [3.8, 4) is 0 Å². The Balaban J connectivity index is 1.72. The number of hydrogen-bond donors (Lipinski definition) is 0. The highest BCUT2D eigenvalue weighted by Gasteiger charge is 2.30. The molecule has 0 saturated heterocycles. The molecule has 0 heterocycles. The second-order valence-electron chi connectivity index (χ2n) is 6.31. The zero-order chi connectivity index (χ0) is 14.5. The molecule has 21 heavy (non-hydrogen) atoms. The van der Waals surface area contributed by atoms with Crippen molar-refractivity contribution in [2.24, 2.45) is 0 Å². The lowest BCUT2D eigenvalue weighted by atomic mass is 9.97. The van der Waals surface area contributed by atoms with Crippen molar-refractivity contribution in [3.05, 3.63) is 29.8 Å². The molecule has 0 aromatic heterocycles. The molecule has 3 rings (SSSR count). The molecule has 2 aliphatic rings. The van der Waals surface area contributed by atoms with Gasteiger partial charge in [-0.05, 0) is 63.0 Å². The van der Waals surface area contributed by atoms with Gasteiger partial charge < -0.3 is 9.05 Å². The van der Waals surface area contributed by atoms with Crippen molar-refractivity contribution in [1.82, 2.24) is 0 Å². The van der Waals surface area contributed by atoms with Crippen LogP contribution >= 0.6 is 8.38 Å². The summed E-state index contributed by atoms with van der Waals surface area (Å²) in [5, 5.41) is 1.33. The summed E-state index contributed by atoms with van der Waals surface area (Å²) in [4.78, 5) is 0. The highest BCUT2D eigenvalue weighted by Crippen LogP contribution is 2.47. The maximum Gasteiger partial charge on any atom is 0.205 e. The number of benzene rings is 1. The lowest BCUT2D eigenvalue weighted by Crippen LogP contribution is -2.27. The maximum absolute atomic E-state index is 6.34. The SMILES string of the molecule is CCCCc1ccccc1P(OC1CCC1)OC1CCC1. The molecule has 2 saturated carbocycles. The normalized spacial score (nSPS) is 19.5. The average Bonchev–Trinajstić information content (AvgIpc) is 2.42. The second kappa shape index (κ2) is 7.72. The van der Waals surface area contributed by atoms with Crippen molar-refractivity contribution in [3.63, 3.8) is 0 Å². The van der Waals surface area contributed by atoms with Gasteiger partial charge in [0.2, 0.25) is 8.38 Å². The fourth-order valence-corrected chi connectivity index (χ4v) is 4.50. The number of hydrogen-bond acceptors (Lipinski definition) is 2. The van der Waals surface area contributed by atoms with Crippen LogP contribution in [0.5, 0.6) is 0 Å². The molecule has 0 amide bonds. The average molecular weight is 306 g/mol. The van der Waals surface area contributed by atoms with Crippen molar-refractivity contribution in [2.45, 2.75) is 76.9 Å². The molecule has 0 spiro atoms. The van der Waals surface area contributed by atoms with Crippen LogP contribution in [0.3, 0.4) is 0 Å². The maximum atomic E-state index is 6.34. The number of aryl methyl sites for hydroxylation is 1. The molecule has 3 heteroatoms. The molecule has 0 radical (unpaired) electrons. The van der Waals surface area contributed by atoms with Crippen molar-refractivity contribution in [2.75, 3.05) is 0 Å². The molecular formula is C18H27O2P. The second-order valence-corrected chi connectivity index (χ2v) is 7.72. The van der Waals surface area contributed by atoms with E-state index in [0.717, 1.165) is 6.42 Å². The zero-order valence-electron chi connectivity index (χ0n) is 13.1. The Morgan fingerprint density at radius 2 is 1.62 bits per heavy atom. The quantitative estimate of drug-likeness (QED) is 0.622. The van der Waals surface area contributed by atoms with E-state index < -0.39 is 8.38 Å². The van der Waals surface area contributed by atoms with Gasteiger partial charge in [-0.25, -0.2) is 0 Å². The summed E-state index contributed by atoms with van der Waals surface area (Å²) in [7, 11) is -0.881. The fourth-order valence-electron chi connectivity index (χ4n) is 2.63. The lowest BCUT2D eigenvalue weighted by Gasteiger charge is -2.35. The Morgan fingerprint density at radius 3 is 2.14 bits per heavy atom. The summed E-state index contributed by atoms with van der Waals surface area (Å²) < 4.78 is 12.7. The fraction of sp³-hybridized carbons (Fsp3) is 0.667. The van der Waals surface area contributed by atoms with E-state index >= 15 is 0 Å². The highest BCUT2D eigenvalue weighted by atomic mass is 31.2. The van der Waals surface area contributed by atoms with Crippen LogP contribution in [0, 0.1) is 0 Å². The summed E-state index contributed by atoms with van der Waals surface area (Å²) in [5.74, 6) is 0. The van der Waals surface area contributed by atoms with Gasteiger partial charge in [-0.2, -0.15) is 0 Å². The molecule has 0 aliphatic heterocycles. The van der Waals surface area contributed by atoms with Gasteiger partial charge in [-0.3, -0.25) is 0 Å². The molecule has 2 fully saturated rings. The summed E-state index contributed by atoms with van der Waals surface area (Å²) in [6.07, 6.45) is 12.0. The van der Waals surface area contributed by atoms with Gasteiger partial charge in [-0.15, -0.1) is 0 Å². The van der Waals surface area contributed by atoms with E-state index in [4.69, 9.17) is 9.05 Å². The van der Waals surface area contributed by atoms with Crippen LogP contribution in [0.1, 0.15) is 63.9 Å². The lowest BCUT2D eigenvalue weighted by molar-refractivity contribution is 0.0742. The monoisotopic (exact) mass is 306 g/mol. The molecule has 2 aliphatic carbocycles. The van der Waals surface area contributed by atoms with Gasteiger partial charge in [0, 0.05) is 5.30 Å². The molecule has 0 atom stereocenters. The molecule has 0 unspecified atom stereocenters. The van der Waals surface area contributed by atoms with Gasteiger partial charge in [0.15, 0.2) is 0 Å². The van der Waals surface area contributed by atoms with Crippen LogP contribution in [0.4, 0.5) is 0 Å². The van der Waals surface area contributed by atoms with Crippen molar-refractivity contribution in [1.29, 1.82) is 0 Å². The van der Waals surface area contributed by atoms with E-state index in [1.807, 2.05) is 0 Å². The molecule has 1 aromatic carbocycles. The molecule has 1 aromatic rings. The minimum atomic E-state index is -0.881. The third-order valence-electron chi connectivity index (χ3n) is 4.58. The van der Waals surface area contributed by atoms with E-state index in [0.29, 0.717) is 12.2 Å². The smallest absolute Gasteiger partial charge is 0.205 e. The first kappa shape index (κ1) is 15.5. The van der Waals surface area contributed by atoms with Crippen LogP contribution in [0.25, 0.3) is 0 Å². The Bertz CT molecular complexity index is 425. The first-order valence-corrected chi connectivity index (χ1v) is 9.76. The summed E-state index contributed by atoms with van der Waals surface area (Å²) in [6, 6.07) is 8.77. The predicted octanol–water partition coefficient (Wildman–Crippen LogP) is 5.10. The van der Waals surface area contributed by atoms with E-state index in [-0.39, 0.29) is 0 Å². The third kappa shape index (κ3) is 4.06. The van der Waals surface area contributed by atoms with Crippen LogP contribution in [0.15, 0.2) is 24.3 Å². The highest BCUT2D eigenvalue weighted by molar-refractivity contribution is 7.56. The third-order valence-corrected chi connectivity index (χ3v) is 6.39. The first-order chi connectivity index (χ1) is 10.4. The molecule has 2 nitrogen and oxygen atoms in total. The van der Waals surface area contributed by atoms with Crippen LogP contribution in [-0.4, -0.2) is 12.2 Å². The Labute approximate surface area is 130 Å². The Morgan fingerprint density at radius 1 is 1.00 bits per heavy atom. The van der Waals surface area contributed by atoms with Gasteiger partial charge in [0.1, 0.15) is 0 Å². The Kier molecular flexibility index (Phi) is 5.68. The minimum Gasteiger partial charge on any atom is -0.327 e. The van der Waals surface area contributed by atoms with E-state index in [2.05, 4.69) is 31.2 Å². The van der Waals surface area contributed by atoms with Gasteiger partial charge in [0.05, 0.1) is 12.2 Å². The van der Waals surface area contributed by atoms with E-state index in [1.165, 1.54) is 62.2 Å². The molecule has 0 N–H and O–H groups in total. The van der Waals surface area contributed by atoms with Gasteiger partial charge in [-0.1, -0.05) is 31.5 Å². The van der Waals surface area contributed by atoms with Gasteiger partial charge in [0.25, 0.3) is 0 Å². The summed E-state index contributed by atoms with van der Waals surface area (Å²) in [5.41, 5.74) is 1.43. The summed E-state index contributed by atoms with van der Waals surface area (Å²) in [6.45, 7) is 2.25. The topological polar surface area (TPSA) is 18.5 Å². The molecule has 116 valence electrons. The summed E-state index contributed by atoms with van der Waals surface area (Å²) >= 11 is 0. The van der Waals surface area contributed by atoms with E-state index in [9.17, 15) is 0 Å². The molecular weight excluding hydrogens is 279 g/mol. The van der Waals surface area contributed by atoms with Crippen molar-refractivity contribution < 1.29 is 9.05 Å². The van der Waals surface area contributed by atoms with Gasteiger partial charge >= 0.3 is 0 Å². The first-order valence-electron chi connectivity index (χ1n) is 8.58. The van der Waals surface area contributed by atoms with Crippen LogP contribution < -0.4 is 5.30 Å². The van der Waals surface area contributed by atoms with Crippen LogP contribution in [-0.2, 0) is 15.5 Å². The van der Waals surface area contributed by atoms with Crippen molar-refractivity contribution >= 4 is 13.7 Å². The van der Waals surface area contributed by atoms with E-state index in [1.54, 1.807) is 0 Å². The number of unbranched alkanes of at least 4 members (excludes halogenated alkanes) is 1. The predicted molar refractivity (Wildman–Crippen MR) is 89.1 cm³/mol. The minimum absolute atomic E-state index is 0.440. The standard InChI is InChI=1S/C18H27O2P/c1-2-3-8-15-9-4-5-14-18(15)21(19-16-10-6-11-16)20-17-12-7-13-17/h4-5,9,14,16-17H,2-3,6-8,10-13H2,1H3. The molecule has 0 bridgehead atoms. The zero-order valence-corrected chi connectivity index (χ0v) is 14.0.